The van der Waals surface area contributed by atoms with Crippen molar-refractivity contribution in [1.29, 1.82) is 0 Å². The first kappa shape index (κ1) is 10.3. The van der Waals surface area contributed by atoms with Crippen LogP contribution in [0.5, 0.6) is 0 Å². The Morgan fingerprint density at radius 1 is 1.38 bits per heavy atom. The maximum Gasteiger partial charge on any atom is 0.0155 e. The van der Waals surface area contributed by atoms with Crippen LogP contribution < -0.4 is 5.73 Å². The van der Waals surface area contributed by atoms with Crippen LogP contribution in [0, 0.1) is 13.8 Å². The van der Waals surface area contributed by atoms with Gasteiger partial charge in [0.05, 0.1) is 0 Å². The second-order valence-corrected chi connectivity index (χ2v) is 4.41. The van der Waals surface area contributed by atoms with E-state index in [9.17, 15) is 0 Å². The van der Waals surface area contributed by atoms with Gasteiger partial charge in [0.1, 0.15) is 0 Å². The number of nitrogens with two attached hydrogens (primary N) is 1. The summed E-state index contributed by atoms with van der Waals surface area (Å²) in [6.07, 6.45) is 1.03. The second-order valence-electron chi connectivity index (χ2n) is 4.41. The van der Waals surface area contributed by atoms with Gasteiger partial charge < -0.3 is 10.7 Å². The maximum atomic E-state index is 5.60. The average molecular weight is 180 g/mol. The Morgan fingerprint density at radius 2 is 2.00 bits per heavy atom. The Kier molecular flexibility index (Phi) is 2.81. The number of rotatable bonds is 3. The van der Waals surface area contributed by atoms with Crippen molar-refractivity contribution in [3.8, 4) is 0 Å². The lowest BCUT2D eigenvalue weighted by Gasteiger charge is -2.24. The molecule has 0 radical (unpaired) electrons. The molecule has 13 heavy (non-hydrogen) atoms. The highest BCUT2D eigenvalue weighted by Crippen LogP contribution is 2.29. The fourth-order valence-corrected chi connectivity index (χ4v) is 1.92. The van der Waals surface area contributed by atoms with Crippen LogP contribution in [0.4, 0.5) is 0 Å². The lowest BCUT2D eigenvalue weighted by atomic mass is 9.81. The monoisotopic (exact) mass is 180 g/mol. The van der Waals surface area contributed by atoms with E-state index in [0.29, 0.717) is 0 Å². The second kappa shape index (κ2) is 3.54. The van der Waals surface area contributed by atoms with Gasteiger partial charge in [0.15, 0.2) is 0 Å². The minimum Gasteiger partial charge on any atom is -0.362 e. The molecule has 0 unspecified atom stereocenters. The molecular weight excluding hydrogens is 160 g/mol. The first-order chi connectivity index (χ1) is 5.97. The molecule has 2 heteroatoms. The summed E-state index contributed by atoms with van der Waals surface area (Å²) >= 11 is 0. The summed E-state index contributed by atoms with van der Waals surface area (Å²) in [5.74, 6) is 0. The molecule has 0 atom stereocenters. The number of aromatic amines is 1. The summed E-state index contributed by atoms with van der Waals surface area (Å²) in [4.78, 5) is 3.33. The van der Waals surface area contributed by atoms with E-state index in [1.165, 1.54) is 17.0 Å². The topological polar surface area (TPSA) is 41.8 Å². The normalized spacial score (nSPS) is 12.1. The van der Waals surface area contributed by atoms with Crippen molar-refractivity contribution in [1.82, 2.24) is 4.98 Å². The zero-order chi connectivity index (χ0) is 10.1. The molecule has 0 aliphatic carbocycles. The number of nitrogens with one attached hydrogen (secondary N) is 1. The molecule has 0 saturated carbocycles. The SMILES string of the molecule is Cc1cc(C(C)(C)CCN)c(C)[nH]1. The van der Waals surface area contributed by atoms with Crippen LogP contribution in [0.2, 0.25) is 0 Å². The Morgan fingerprint density at radius 3 is 2.38 bits per heavy atom. The van der Waals surface area contributed by atoms with Gasteiger partial charge in [-0.05, 0) is 43.9 Å². The van der Waals surface area contributed by atoms with Crippen molar-refractivity contribution in [2.45, 2.75) is 39.5 Å². The largest absolute Gasteiger partial charge is 0.362 e. The Bertz CT molecular complexity index is 284. The number of hydrogen-bond acceptors (Lipinski definition) is 1. The minimum atomic E-state index is 0.198. The molecule has 0 spiro atoms. The van der Waals surface area contributed by atoms with E-state index in [-0.39, 0.29) is 5.41 Å². The number of H-pyrrole nitrogens is 1. The molecule has 1 aromatic heterocycles. The van der Waals surface area contributed by atoms with Crippen LogP contribution in [0.1, 0.15) is 37.2 Å². The summed E-state index contributed by atoms with van der Waals surface area (Å²) in [5.41, 5.74) is 9.70. The zero-order valence-electron chi connectivity index (χ0n) is 9.07. The predicted molar refractivity (Wildman–Crippen MR) is 57.0 cm³/mol. The smallest absolute Gasteiger partial charge is 0.0155 e. The van der Waals surface area contributed by atoms with E-state index in [2.05, 4.69) is 38.7 Å². The molecule has 1 rings (SSSR count). The third kappa shape index (κ3) is 2.13. The van der Waals surface area contributed by atoms with Crippen LogP contribution >= 0.6 is 0 Å². The summed E-state index contributed by atoms with van der Waals surface area (Å²) in [5, 5.41) is 0. The molecule has 0 aliphatic rings. The predicted octanol–water partition coefficient (Wildman–Crippen LogP) is 2.26. The quantitative estimate of drug-likeness (QED) is 0.736. The fraction of sp³-hybridized carbons (Fsp3) is 0.636. The highest BCUT2D eigenvalue weighted by molar-refractivity contribution is 5.31. The molecule has 74 valence electrons. The third-order valence-corrected chi connectivity index (χ3v) is 2.65. The van der Waals surface area contributed by atoms with Crippen molar-refractivity contribution in [3.63, 3.8) is 0 Å². The highest BCUT2D eigenvalue weighted by atomic mass is 14.7. The molecule has 3 N–H and O–H groups in total. The summed E-state index contributed by atoms with van der Waals surface area (Å²) in [7, 11) is 0. The van der Waals surface area contributed by atoms with Gasteiger partial charge in [-0.2, -0.15) is 0 Å². The zero-order valence-corrected chi connectivity index (χ0v) is 9.07. The lowest BCUT2D eigenvalue weighted by Crippen LogP contribution is -2.21. The van der Waals surface area contributed by atoms with Crippen LogP contribution in [0.3, 0.4) is 0 Å². The van der Waals surface area contributed by atoms with Gasteiger partial charge in [-0.25, -0.2) is 0 Å². The first-order valence-electron chi connectivity index (χ1n) is 4.84. The van der Waals surface area contributed by atoms with Gasteiger partial charge in [-0.15, -0.1) is 0 Å². The summed E-state index contributed by atoms with van der Waals surface area (Å²) < 4.78 is 0. The van der Waals surface area contributed by atoms with Gasteiger partial charge in [0, 0.05) is 11.4 Å². The summed E-state index contributed by atoms with van der Waals surface area (Å²) in [6, 6.07) is 2.23. The number of aromatic nitrogens is 1. The van der Waals surface area contributed by atoms with Gasteiger partial charge >= 0.3 is 0 Å². The van der Waals surface area contributed by atoms with Gasteiger partial charge in [0.25, 0.3) is 0 Å². The Balaban J connectivity index is 2.98. The molecule has 0 aromatic carbocycles. The number of aryl methyl sites for hydroxylation is 2. The van der Waals surface area contributed by atoms with Crippen LogP contribution in [-0.2, 0) is 5.41 Å². The summed E-state index contributed by atoms with van der Waals surface area (Å²) in [6.45, 7) is 9.46. The molecule has 0 fully saturated rings. The standard InChI is InChI=1S/C11H20N2/c1-8-7-10(9(2)13-8)11(3,4)5-6-12/h7,13H,5-6,12H2,1-4H3. The first-order valence-corrected chi connectivity index (χ1v) is 4.84. The molecular formula is C11H20N2. The van der Waals surface area contributed by atoms with Crippen molar-refractivity contribution in [2.75, 3.05) is 6.54 Å². The Labute approximate surface area is 80.5 Å². The molecule has 1 aromatic rings. The van der Waals surface area contributed by atoms with E-state index >= 15 is 0 Å². The molecule has 0 saturated heterocycles. The van der Waals surface area contributed by atoms with Crippen LogP contribution in [-0.4, -0.2) is 11.5 Å². The van der Waals surface area contributed by atoms with Crippen molar-refractivity contribution in [3.05, 3.63) is 23.0 Å². The lowest BCUT2D eigenvalue weighted by molar-refractivity contribution is 0.485. The van der Waals surface area contributed by atoms with E-state index in [1.54, 1.807) is 0 Å². The Hall–Kier alpha value is -0.760. The van der Waals surface area contributed by atoms with Crippen molar-refractivity contribution >= 4 is 0 Å². The molecule has 0 aliphatic heterocycles. The fourth-order valence-electron chi connectivity index (χ4n) is 1.92. The van der Waals surface area contributed by atoms with Crippen molar-refractivity contribution in [2.24, 2.45) is 5.73 Å². The molecule has 0 bridgehead atoms. The third-order valence-electron chi connectivity index (χ3n) is 2.65. The van der Waals surface area contributed by atoms with E-state index in [0.717, 1.165) is 13.0 Å². The molecule has 2 nitrogen and oxygen atoms in total. The van der Waals surface area contributed by atoms with Gasteiger partial charge in [-0.3, -0.25) is 0 Å². The highest BCUT2D eigenvalue weighted by Gasteiger charge is 2.22. The molecule has 0 amide bonds. The van der Waals surface area contributed by atoms with Crippen molar-refractivity contribution < 1.29 is 0 Å². The average Bonchev–Trinajstić information content (AvgIpc) is 2.30. The van der Waals surface area contributed by atoms with Gasteiger partial charge in [-0.1, -0.05) is 13.8 Å². The van der Waals surface area contributed by atoms with E-state index in [4.69, 9.17) is 5.73 Å². The maximum absolute atomic E-state index is 5.60. The number of hydrogen-bond donors (Lipinski definition) is 2. The minimum absolute atomic E-state index is 0.198. The van der Waals surface area contributed by atoms with E-state index in [1.807, 2.05) is 0 Å². The van der Waals surface area contributed by atoms with E-state index < -0.39 is 0 Å². The van der Waals surface area contributed by atoms with Gasteiger partial charge in [0.2, 0.25) is 0 Å². The van der Waals surface area contributed by atoms with Crippen LogP contribution in [0.25, 0.3) is 0 Å². The molecule has 1 heterocycles. The van der Waals surface area contributed by atoms with Crippen LogP contribution in [0.15, 0.2) is 6.07 Å².